The molecule has 2 heteroatoms. The molecular formula is C11H16N2. The van der Waals surface area contributed by atoms with Crippen LogP contribution in [0.1, 0.15) is 20.8 Å². The maximum absolute atomic E-state index is 4.24. The van der Waals surface area contributed by atoms with Crippen LogP contribution in [0.5, 0.6) is 0 Å². The van der Waals surface area contributed by atoms with Gasteiger partial charge < -0.3 is 5.32 Å². The van der Waals surface area contributed by atoms with Crippen molar-refractivity contribution in [1.29, 1.82) is 0 Å². The predicted molar refractivity (Wildman–Crippen MR) is 57.4 cm³/mol. The van der Waals surface area contributed by atoms with Crippen molar-refractivity contribution in [3.05, 3.63) is 36.2 Å². The number of allylic oxidation sites excluding steroid dienone is 2. The minimum absolute atomic E-state index is 0.380. The largest absolute Gasteiger partial charge is 0.349 e. The number of rotatable bonds is 0. The van der Waals surface area contributed by atoms with Crippen LogP contribution >= 0.6 is 0 Å². The number of amidine groups is 1. The van der Waals surface area contributed by atoms with Gasteiger partial charge in [0.05, 0.1) is 5.92 Å². The molecule has 2 rings (SSSR count). The highest BCUT2D eigenvalue weighted by atomic mass is 15.0. The molecule has 0 aliphatic carbocycles. The van der Waals surface area contributed by atoms with E-state index < -0.39 is 0 Å². The minimum atomic E-state index is 0.380. The second-order valence-electron chi connectivity index (χ2n) is 2.75. The summed E-state index contributed by atoms with van der Waals surface area (Å²) in [5.41, 5.74) is 1.30. The smallest absolute Gasteiger partial charge is 0.117 e. The Morgan fingerprint density at radius 2 is 2.08 bits per heavy atom. The molecule has 0 fully saturated rings. The maximum atomic E-state index is 4.24. The number of fused-ring (bicyclic) bond motifs is 1. The Labute approximate surface area is 79.8 Å². The van der Waals surface area contributed by atoms with E-state index in [1.54, 1.807) is 0 Å². The summed E-state index contributed by atoms with van der Waals surface area (Å²) in [4.78, 5) is 4.24. The molecule has 0 bridgehead atoms. The topological polar surface area (TPSA) is 24.4 Å². The number of nitrogens with zero attached hydrogens (tertiary/aromatic N) is 1. The average Bonchev–Trinajstić information content (AvgIpc) is 2.44. The predicted octanol–water partition coefficient (Wildman–Crippen LogP) is 2.62. The first-order valence-electron chi connectivity index (χ1n) is 4.72. The van der Waals surface area contributed by atoms with Crippen LogP contribution in [-0.4, -0.2) is 5.84 Å². The number of hydrogen-bond acceptors (Lipinski definition) is 2. The van der Waals surface area contributed by atoms with Crippen LogP contribution in [0.4, 0.5) is 0 Å². The van der Waals surface area contributed by atoms with E-state index in [0.29, 0.717) is 5.92 Å². The van der Waals surface area contributed by atoms with Crippen molar-refractivity contribution in [3.63, 3.8) is 0 Å². The Hall–Kier alpha value is -1.31. The van der Waals surface area contributed by atoms with E-state index in [1.165, 1.54) is 5.57 Å². The standard InChI is InChI=1S/C9H10N2.C2H6/c1-7-6-11-9-8(7)4-2-3-5-10-9;1-2/h2-6,8H,1H3,(H,10,11);1-2H3. The zero-order valence-corrected chi connectivity index (χ0v) is 8.41. The number of aliphatic imine (C=N–C) groups is 1. The molecule has 1 unspecified atom stereocenters. The van der Waals surface area contributed by atoms with Crippen LogP contribution in [0.2, 0.25) is 0 Å². The van der Waals surface area contributed by atoms with Gasteiger partial charge in [0.1, 0.15) is 5.84 Å². The molecule has 0 radical (unpaired) electrons. The quantitative estimate of drug-likeness (QED) is 0.603. The highest BCUT2D eigenvalue weighted by Gasteiger charge is 2.18. The van der Waals surface area contributed by atoms with Gasteiger partial charge >= 0.3 is 0 Å². The molecule has 1 atom stereocenters. The fraction of sp³-hybridized carbons (Fsp3) is 0.364. The van der Waals surface area contributed by atoms with Gasteiger partial charge in [-0.3, -0.25) is 0 Å². The number of hydrogen-bond donors (Lipinski definition) is 1. The molecule has 13 heavy (non-hydrogen) atoms. The molecule has 2 heterocycles. The fourth-order valence-electron chi connectivity index (χ4n) is 1.28. The third-order valence-corrected chi connectivity index (χ3v) is 1.93. The van der Waals surface area contributed by atoms with Crippen molar-refractivity contribution in [3.8, 4) is 0 Å². The minimum Gasteiger partial charge on any atom is -0.349 e. The van der Waals surface area contributed by atoms with Gasteiger partial charge in [-0.1, -0.05) is 26.0 Å². The van der Waals surface area contributed by atoms with Crippen LogP contribution in [0.25, 0.3) is 0 Å². The Morgan fingerprint density at radius 1 is 1.31 bits per heavy atom. The summed E-state index contributed by atoms with van der Waals surface area (Å²) in [6, 6.07) is 0. The second-order valence-corrected chi connectivity index (χ2v) is 2.75. The zero-order chi connectivity index (χ0) is 9.68. The lowest BCUT2D eigenvalue weighted by molar-refractivity contribution is 1.01. The normalized spacial score (nSPS) is 23.2. The summed E-state index contributed by atoms with van der Waals surface area (Å²) in [5.74, 6) is 1.41. The fourth-order valence-corrected chi connectivity index (χ4v) is 1.28. The van der Waals surface area contributed by atoms with E-state index in [2.05, 4.69) is 23.3 Å². The Bertz CT molecular complexity index is 282. The monoisotopic (exact) mass is 176 g/mol. The van der Waals surface area contributed by atoms with Gasteiger partial charge in [0.25, 0.3) is 0 Å². The summed E-state index contributed by atoms with van der Waals surface area (Å²) in [5, 5.41) is 3.13. The van der Waals surface area contributed by atoms with Crippen LogP contribution < -0.4 is 5.32 Å². The summed E-state index contributed by atoms with van der Waals surface area (Å²) < 4.78 is 0. The molecule has 2 nitrogen and oxygen atoms in total. The molecule has 0 aromatic heterocycles. The Kier molecular flexibility index (Phi) is 3.50. The van der Waals surface area contributed by atoms with Gasteiger partial charge in [-0.25, -0.2) is 4.99 Å². The molecule has 0 aromatic carbocycles. The molecular weight excluding hydrogens is 160 g/mol. The third kappa shape index (κ3) is 2.08. The van der Waals surface area contributed by atoms with Gasteiger partial charge in [0.15, 0.2) is 0 Å². The first-order valence-corrected chi connectivity index (χ1v) is 4.72. The van der Waals surface area contributed by atoms with Gasteiger partial charge in [0.2, 0.25) is 0 Å². The van der Waals surface area contributed by atoms with Crippen LogP contribution in [0.3, 0.4) is 0 Å². The molecule has 0 spiro atoms. The van der Waals surface area contributed by atoms with E-state index in [1.807, 2.05) is 38.4 Å². The van der Waals surface area contributed by atoms with E-state index in [-0.39, 0.29) is 0 Å². The van der Waals surface area contributed by atoms with Crippen LogP contribution in [-0.2, 0) is 0 Å². The molecule has 2 aliphatic rings. The third-order valence-electron chi connectivity index (χ3n) is 1.93. The molecule has 1 N–H and O–H groups in total. The highest BCUT2D eigenvalue weighted by Crippen LogP contribution is 2.20. The second kappa shape index (κ2) is 4.65. The Balaban J connectivity index is 0.000000396. The van der Waals surface area contributed by atoms with E-state index in [4.69, 9.17) is 0 Å². The molecule has 70 valence electrons. The SMILES string of the molecule is CC.CC1=CN=C2NC=CC=CC12. The van der Waals surface area contributed by atoms with Gasteiger partial charge in [-0.05, 0) is 18.6 Å². The van der Waals surface area contributed by atoms with Crippen molar-refractivity contribution >= 4 is 5.84 Å². The molecule has 0 amide bonds. The molecule has 0 aromatic rings. The Morgan fingerprint density at radius 3 is 2.85 bits per heavy atom. The van der Waals surface area contributed by atoms with E-state index in [0.717, 1.165) is 5.84 Å². The summed E-state index contributed by atoms with van der Waals surface area (Å²) in [7, 11) is 0. The summed E-state index contributed by atoms with van der Waals surface area (Å²) in [6.07, 6.45) is 9.99. The lowest BCUT2D eigenvalue weighted by atomic mass is 10.0. The summed E-state index contributed by atoms with van der Waals surface area (Å²) >= 11 is 0. The first kappa shape index (κ1) is 9.78. The average molecular weight is 176 g/mol. The van der Waals surface area contributed by atoms with Crippen molar-refractivity contribution in [2.75, 3.05) is 0 Å². The van der Waals surface area contributed by atoms with Gasteiger partial charge in [0, 0.05) is 12.4 Å². The highest BCUT2D eigenvalue weighted by molar-refractivity contribution is 5.92. The van der Waals surface area contributed by atoms with Gasteiger partial charge in [-0.15, -0.1) is 0 Å². The van der Waals surface area contributed by atoms with Gasteiger partial charge in [-0.2, -0.15) is 0 Å². The van der Waals surface area contributed by atoms with Crippen molar-refractivity contribution < 1.29 is 0 Å². The molecule has 0 saturated carbocycles. The zero-order valence-electron chi connectivity index (χ0n) is 8.41. The number of nitrogens with one attached hydrogen (secondary N) is 1. The van der Waals surface area contributed by atoms with Crippen molar-refractivity contribution in [2.45, 2.75) is 20.8 Å². The lowest BCUT2D eigenvalue weighted by Crippen LogP contribution is -2.22. The first-order chi connectivity index (χ1) is 6.38. The van der Waals surface area contributed by atoms with Crippen molar-refractivity contribution in [1.82, 2.24) is 5.32 Å². The van der Waals surface area contributed by atoms with E-state index >= 15 is 0 Å². The van der Waals surface area contributed by atoms with Crippen molar-refractivity contribution in [2.24, 2.45) is 10.9 Å². The maximum Gasteiger partial charge on any atom is 0.117 e. The molecule has 2 aliphatic heterocycles. The lowest BCUT2D eigenvalue weighted by Gasteiger charge is -2.07. The van der Waals surface area contributed by atoms with Crippen LogP contribution in [0, 0.1) is 5.92 Å². The van der Waals surface area contributed by atoms with Crippen LogP contribution in [0.15, 0.2) is 41.2 Å². The summed E-state index contributed by atoms with van der Waals surface area (Å²) in [6.45, 7) is 6.10. The van der Waals surface area contributed by atoms with E-state index in [9.17, 15) is 0 Å². The molecule has 0 saturated heterocycles.